The second-order valence-corrected chi connectivity index (χ2v) is 7.21. The lowest BCUT2D eigenvalue weighted by Gasteiger charge is -2.31. The maximum Gasteiger partial charge on any atom is 0.249 e. The van der Waals surface area contributed by atoms with Crippen molar-refractivity contribution in [2.75, 3.05) is 0 Å². The number of amides is 1. The third-order valence-electron chi connectivity index (χ3n) is 5.39. The van der Waals surface area contributed by atoms with E-state index in [1.54, 1.807) is 0 Å². The van der Waals surface area contributed by atoms with E-state index in [2.05, 4.69) is 10.6 Å². The van der Waals surface area contributed by atoms with Crippen LogP contribution in [0.5, 0.6) is 0 Å². The quantitative estimate of drug-likeness (QED) is 0.783. The summed E-state index contributed by atoms with van der Waals surface area (Å²) in [6.07, 6.45) is 12.1. The second kappa shape index (κ2) is 7.10. The Morgan fingerprint density at radius 3 is 2.29 bits per heavy atom. The van der Waals surface area contributed by atoms with Gasteiger partial charge in [0.2, 0.25) is 5.91 Å². The molecule has 4 nitrogen and oxygen atoms in total. The molecule has 0 aromatic rings. The van der Waals surface area contributed by atoms with E-state index in [-0.39, 0.29) is 18.1 Å². The van der Waals surface area contributed by atoms with Crippen molar-refractivity contribution >= 4 is 5.91 Å². The fraction of sp³-hybridized carbons (Fsp3) is 0.941. The lowest BCUT2D eigenvalue weighted by molar-refractivity contribution is -0.136. The van der Waals surface area contributed by atoms with Gasteiger partial charge in [0.1, 0.15) is 6.10 Å². The summed E-state index contributed by atoms with van der Waals surface area (Å²) in [5.74, 6) is 0.0885. The van der Waals surface area contributed by atoms with E-state index >= 15 is 0 Å². The van der Waals surface area contributed by atoms with Crippen LogP contribution >= 0.6 is 0 Å². The maximum absolute atomic E-state index is 12.3. The molecule has 2 bridgehead atoms. The normalized spacial score (nSPS) is 35.2. The lowest BCUT2D eigenvalue weighted by atomic mass is 9.99. The predicted molar refractivity (Wildman–Crippen MR) is 83.1 cm³/mol. The van der Waals surface area contributed by atoms with Crippen LogP contribution in [0.15, 0.2) is 0 Å². The van der Waals surface area contributed by atoms with Crippen LogP contribution in [0, 0.1) is 0 Å². The molecule has 0 spiro atoms. The minimum absolute atomic E-state index is 0.0885. The van der Waals surface area contributed by atoms with E-state index in [0.717, 1.165) is 25.7 Å². The first-order valence-electron chi connectivity index (χ1n) is 8.92. The number of fused-ring (bicyclic) bond motifs is 2. The topological polar surface area (TPSA) is 50.4 Å². The number of hydrogen-bond donors (Lipinski definition) is 2. The summed E-state index contributed by atoms with van der Waals surface area (Å²) in [5.41, 5.74) is 0. The SMILES string of the molecule is CC(OC1CCCCCC1)C(=O)NC1CC2CCC(C1)N2. The highest BCUT2D eigenvalue weighted by molar-refractivity contribution is 5.80. The number of ether oxygens (including phenoxy) is 1. The van der Waals surface area contributed by atoms with Gasteiger partial charge >= 0.3 is 0 Å². The zero-order valence-corrected chi connectivity index (χ0v) is 13.3. The van der Waals surface area contributed by atoms with Gasteiger partial charge < -0.3 is 15.4 Å². The fourth-order valence-electron chi connectivity index (χ4n) is 4.22. The van der Waals surface area contributed by atoms with Crippen molar-refractivity contribution in [1.82, 2.24) is 10.6 Å². The van der Waals surface area contributed by atoms with Gasteiger partial charge in [0.05, 0.1) is 6.10 Å². The van der Waals surface area contributed by atoms with Gasteiger partial charge in [0, 0.05) is 18.1 Å². The van der Waals surface area contributed by atoms with Gasteiger partial charge in [-0.2, -0.15) is 0 Å². The second-order valence-electron chi connectivity index (χ2n) is 7.21. The highest BCUT2D eigenvalue weighted by Gasteiger charge is 2.34. The molecule has 2 heterocycles. The molecule has 21 heavy (non-hydrogen) atoms. The fourth-order valence-corrected chi connectivity index (χ4v) is 4.22. The van der Waals surface area contributed by atoms with Crippen LogP contribution in [0.25, 0.3) is 0 Å². The molecule has 3 unspecified atom stereocenters. The van der Waals surface area contributed by atoms with Gasteiger partial charge in [-0.1, -0.05) is 25.7 Å². The van der Waals surface area contributed by atoms with Crippen LogP contribution in [0.3, 0.4) is 0 Å². The molecule has 4 heteroatoms. The molecule has 1 aliphatic carbocycles. The van der Waals surface area contributed by atoms with Crippen molar-refractivity contribution in [1.29, 1.82) is 0 Å². The highest BCUT2D eigenvalue weighted by Crippen LogP contribution is 2.27. The van der Waals surface area contributed by atoms with Crippen molar-refractivity contribution in [3.63, 3.8) is 0 Å². The van der Waals surface area contributed by atoms with Crippen LogP contribution in [0.1, 0.15) is 71.1 Å². The molecular weight excluding hydrogens is 264 g/mol. The Balaban J connectivity index is 1.43. The molecule has 2 aliphatic heterocycles. The highest BCUT2D eigenvalue weighted by atomic mass is 16.5. The third kappa shape index (κ3) is 4.19. The molecule has 3 aliphatic rings. The number of carbonyl (C=O) groups excluding carboxylic acids is 1. The summed E-state index contributed by atoms with van der Waals surface area (Å²) in [5, 5.41) is 6.83. The lowest BCUT2D eigenvalue weighted by Crippen LogP contribution is -2.50. The Labute approximate surface area is 128 Å². The Bertz CT molecular complexity index is 341. The van der Waals surface area contributed by atoms with Crippen molar-refractivity contribution < 1.29 is 9.53 Å². The molecule has 0 aromatic heterocycles. The summed E-state index contributed by atoms with van der Waals surface area (Å²) in [6, 6.07) is 1.58. The molecule has 2 N–H and O–H groups in total. The number of rotatable bonds is 4. The number of hydrogen-bond acceptors (Lipinski definition) is 3. The van der Waals surface area contributed by atoms with Gasteiger partial charge in [-0.25, -0.2) is 0 Å². The Morgan fingerprint density at radius 2 is 1.67 bits per heavy atom. The molecule has 3 fully saturated rings. The summed E-state index contributed by atoms with van der Waals surface area (Å²) < 4.78 is 6.02. The Morgan fingerprint density at radius 1 is 1.05 bits per heavy atom. The van der Waals surface area contributed by atoms with Gasteiger partial charge in [0.25, 0.3) is 0 Å². The molecule has 3 atom stereocenters. The number of piperidine rings is 1. The largest absolute Gasteiger partial charge is 0.365 e. The molecule has 0 radical (unpaired) electrons. The molecule has 1 saturated carbocycles. The van der Waals surface area contributed by atoms with Gasteiger partial charge in [-0.15, -0.1) is 0 Å². The minimum atomic E-state index is -0.305. The van der Waals surface area contributed by atoms with Crippen LogP contribution in [-0.4, -0.2) is 36.2 Å². The van der Waals surface area contributed by atoms with E-state index in [1.165, 1.54) is 38.5 Å². The molecule has 0 aromatic carbocycles. The van der Waals surface area contributed by atoms with Gasteiger partial charge in [-0.3, -0.25) is 4.79 Å². The average Bonchev–Trinajstić information content (AvgIpc) is 2.67. The summed E-state index contributed by atoms with van der Waals surface area (Å²) in [4.78, 5) is 12.3. The summed E-state index contributed by atoms with van der Waals surface area (Å²) in [7, 11) is 0. The van der Waals surface area contributed by atoms with Crippen molar-refractivity contribution in [2.24, 2.45) is 0 Å². The standard InChI is InChI=1S/C17H30N2O2/c1-12(21-16-6-4-2-3-5-7-16)17(20)19-15-10-13-8-9-14(11-15)18-13/h12-16,18H,2-11H2,1H3,(H,19,20). The van der Waals surface area contributed by atoms with E-state index in [1.807, 2.05) is 6.92 Å². The molecule has 120 valence electrons. The van der Waals surface area contributed by atoms with E-state index in [0.29, 0.717) is 18.1 Å². The van der Waals surface area contributed by atoms with E-state index < -0.39 is 0 Å². The van der Waals surface area contributed by atoms with E-state index in [4.69, 9.17) is 4.74 Å². The maximum atomic E-state index is 12.3. The first-order valence-corrected chi connectivity index (χ1v) is 8.92. The van der Waals surface area contributed by atoms with Crippen LogP contribution in [-0.2, 0) is 9.53 Å². The molecule has 1 amide bonds. The zero-order valence-electron chi connectivity index (χ0n) is 13.3. The van der Waals surface area contributed by atoms with Crippen molar-refractivity contribution in [3.05, 3.63) is 0 Å². The van der Waals surface area contributed by atoms with Crippen molar-refractivity contribution in [2.45, 2.75) is 101 Å². The predicted octanol–water partition coefficient (Wildman–Crippen LogP) is 2.51. The summed E-state index contributed by atoms with van der Waals surface area (Å²) >= 11 is 0. The molecule has 3 rings (SSSR count). The third-order valence-corrected chi connectivity index (χ3v) is 5.39. The van der Waals surface area contributed by atoms with Crippen molar-refractivity contribution in [3.8, 4) is 0 Å². The van der Waals surface area contributed by atoms with Crippen LogP contribution in [0.2, 0.25) is 0 Å². The first-order chi connectivity index (χ1) is 10.2. The number of nitrogens with one attached hydrogen (secondary N) is 2. The van der Waals surface area contributed by atoms with Gasteiger partial charge in [-0.05, 0) is 45.4 Å². The Hall–Kier alpha value is -0.610. The van der Waals surface area contributed by atoms with Crippen LogP contribution < -0.4 is 10.6 Å². The van der Waals surface area contributed by atoms with Crippen LogP contribution in [0.4, 0.5) is 0 Å². The monoisotopic (exact) mass is 294 g/mol. The van der Waals surface area contributed by atoms with E-state index in [9.17, 15) is 4.79 Å². The first kappa shape index (κ1) is 15.3. The zero-order chi connectivity index (χ0) is 14.7. The summed E-state index contributed by atoms with van der Waals surface area (Å²) in [6.45, 7) is 1.91. The molecule has 2 saturated heterocycles. The average molecular weight is 294 g/mol. The Kier molecular flexibility index (Phi) is 5.17. The minimum Gasteiger partial charge on any atom is -0.365 e. The molecular formula is C17H30N2O2. The smallest absolute Gasteiger partial charge is 0.249 e. The van der Waals surface area contributed by atoms with Gasteiger partial charge in [0.15, 0.2) is 0 Å². The number of carbonyl (C=O) groups is 1.